The van der Waals surface area contributed by atoms with E-state index in [0.717, 1.165) is 9.80 Å². The number of thioether (sulfide) groups is 1. The third kappa shape index (κ3) is 4.48. The van der Waals surface area contributed by atoms with Gasteiger partial charge < -0.3 is 10.6 Å². The van der Waals surface area contributed by atoms with Crippen molar-refractivity contribution in [2.75, 3.05) is 17.6 Å². The molecule has 0 bridgehead atoms. The van der Waals surface area contributed by atoms with Crippen molar-refractivity contribution < 1.29 is 14.4 Å². The van der Waals surface area contributed by atoms with Crippen molar-refractivity contribution in [2.24, 2.45) is 0 Å². The first-order valence-corrected chi connectivity index (χ1v) is 10.7. The highest BCUT2D eigenvalue weighted by Gasteiger charge is 2.50. The number of benzene rings is 2. The van der Waals surface area contributed by atoms with Gasteiger partial charge in [-0.05, 0) is 31.2 Å². The van der Waals surface area contributed by atoms with Gasteiger partial charge in [-0.1, -0.05) is 47.5 Å². The molecule has 2 N–H and O–H groups in total. The molecule has 0 aliphatic carbocycles. The number of hydrogen-bond acceptors (Lipinski definition) is 4. The lowest BCUT2D eigenvalue weighted by Crippen LogP contribution is -2.42. The fourth-order valence-electron chi connectivity index (χ4n) is 3.10. The van der Waals surface area contributed by atoms with Gasteiger partial charge in [0.25, 0.3) is 5.91 Å². The third-order valence-corrected chi connectivity index (χ3v) is 6.18. The maximum absolute atomic E-state index is 13.0. The number of hydrogen-bond donors (Lipinski definition) is 2. The normalized spacial score (nSPS) is 18.3. The molecule has 1 atom stereocenters. The number of carbonyl (C=O) groups excluding carboxylic acids is 3. The highest BCUT2D eigenvalue weighted by molar-refractivity contribution is 7.99. The van der Waals surface area contributed by atoms with E-state index in [2.05, 4.69) is 17.2 Å². The molecule has 0 saturated carbocycles. The van der Waals surface area contributed by atoms with Crippen molar-refractivity contribution in [3.8, 4) is 0 Å². The van der Waals surface area contributed by atoms with Gasteiger partial charge in [-0.25, -0.2) is 4.79 Å². The second-order valence-electron chi connectivity index (χ2n) is 6.71. The van der Waals surface area contributed by atoms with Gasteiger partial charge in [0.15, 0.2) is 0 Å². The molecule has 30 heavy (non-hydrogen) atoms. The highest BCUT2D eigenvalue weighted by Crippen LogP contribution is 2.35. The van der Waals surface area contributed by atoms with E-state index in [-0.39, 0.29) is 5.02 Å². The average Bonchev–Trinajstić information content (AvgIpc) is 2.91. The summed E-state index contributed by atoms with van der Waals surface area (Å²) in [6, 6.07) is 11.3. The summed E-state index contributed by atoms with van der Waals surface area (Å²) in [5, 5.41) is 6.05. The number of nitrogens with zero attached hydrogens (tertiary/aromatic N) is 1. The molecular weight excluding hydrogens is 445 g/mol. The van der Waals surface area contributed by atoms with Crippen LogP contribution in [0.3, 0.4) is 0 Å². The monoisotopic (exact) mass is 463 g/mol. The largest absolute Gasteiger partial charge is 0.325 e. The van der Waals surface area contributed by atoms with Crippen LogP contribution in [0.15, 0.2) is 60.0 Å². The predicted octanol–water partition coefficient (Wildman–Crippen LogP) is 4.68. The summed E-state index contributed by atoms with van der Waals surface area (Å²) in [6.07, 6.45) is 1.76. The molecule has 1 heterocycles. The van der Waals surface area contributed by atoms with Gasteiger partial charge in [0, 0.05) is 26.3 Å². The SMILES string of the molecule is C=CCSc1ccccc1NC(=O)CN1C(=O)N[C@@](C)(c2ccc(Cl)cc2Cl)C1=O. The molecular formula is C21H19Cl2N3O3S. The first-order chi connectivity index (χ1) is 14.3. The lowest BCUT2D eigenvalue weighted by molar-refractivity contribution is -0.133. The topological polar surface area (TPSA) is 78.5 Å². The first-order valence-electron chi connectivity index (χ1n) is 8.98. The number of amides is 4. The van der Waals surface area contributed by atoms with Gasteiger partial charge in [0.1, 0.15) is 12.1 Å². The van der Waals surface area contributed by atoms with Crippen molar-refractivity contribution >= 4 is 58.5 Å². The molecule has 0 radical (unpaired) electrons. The van der Waals surface area contributed by atoms with Gasteiger partial charge in [-0.15, -0.1) is 18.3 Å². The average molecular weight is 464 g/mol. The van der Waals surface area contributed by atoms with E-state index in [1.165, 1.54) is 17.8 Å². The van der Waals surface area contributed by atoms with Crippen molar-refractivity contribution in [1.29, 1.82) is 0 Å². The minimum Gasteiger partial charge on any atom is -0.324 e. The van der Waals surface area contributed by atoms with Crippen molar-refractivity contribution in [3.63, 3.8) is 0 Å². The summed E-state index contributed by atoms with van der Waals surface area (Å²) >= 11 is 13.7. The summed E-state index contributed by atoms with van der Waals surface area (Å²) in [6.45, 7) is 4.81. The van der Waals surface area contributed by atoms with Crippen LogP contribution in [0.4, 0.5) is 10.5 Å². The lowest BCUT2D eigenvalue weighted by Gasteiger charge is -2.23. The van der Waals surface area contributed by atoms with Crippen molar-refractivity contribution in [1.82, 2.24) is 10.2 Å². The summed E-state index contributed by atoms with van der Waals surface area (Å²) in [4.78, 5) is 39.8. The third-order valence-electron chi connectivity index (χ3n) is 4.56. The van der Waals surface area contributed by atoms with Crippen LogP contribution in [-0.4, -0.2) is 35.0 Å². The number of rotatable bonds is 7. The number of carbonyl (C=O) groups is 3. The van der Waals surface area contributed by atoms with E-state index in [9.17, 15) is 14.4 Å². The van der Waals surface area contributed by atoms with Crippen LogP contribution in [-0.2, 0) is 15.1 Å². The second kappa shape index (κ2) is 9.12. The zero-order chi connectivity index (χ0) is 21.9. The number of imide groups is 1. The predicted molar refractivity (Wildman–Crippen MR) is 120 cm³/mol. The Hall–Kier alpha value is -2.48. The molecule has 1 fully saturated rings. The Balaban J connectivity index is 1.76. The molecule has 0 unspecified atom stereocenters. The number of para-hydroxylation sites is 1. The Morgan fingerprint density at radius 1 is 1.27 bits per heavy atom. The van der Waals surface area contributed by atoms with Crippen molar-refractivity contribution in [2.45, 2.75) is 17.4 Å². The molecule has 1 aliphatic rings. The van der Waals surface area contributed by atoms with E-state index >= 15 is 0 Å². The molecule has 4 amide bonds. The van der Waals surface area contributed by atoms with Crippen LogP contribution in [0.2, 0.25) is 10.0 Å². The molecule has 0 spiro atoms. The molecule has 6 nitrogen and oxygen atoms in total. The summed E-state index contributed by atoms with van der Waals surface area (Å²) < 4.78 is 0. The van der Waals surface area contributed by atoms with Gasteiger partial charge >= 0.3 is 6.03 Å². The Morgan fingerprint density at radius 2 is 2.00 bits per heavy atom. The van der Waals surface area contributed by atoms with Gasteiger partial charge in [0.05, 0.1) is 5.69 Å². The lowest BCUT2D eigenvalue weighted by atomic mass is 9.92. The fourth-order valence-corrected chi connectivity index (χ4v) is 4.44. The zero-order valence-corrected chi connectivity index (χ0v) is 18.4. The maximum atomic E-state index is 13.0. The summed E-state index contributed by atoms with van der Waals surface area (Å²) in [5.41, 5.74) is -0.387. The Labute approximate surface area is 188 Å². The first kappa shape index (κ1) is 22.2. The van der Waals surface area contributed by atoms with E-state index in [0.29, 0.717) is 22.0 Å². The molecule has 9 heteroatoms. The van der Waals surface area contributed by atoms with Crippen LogP contribution in [0.1, 0.15) is 12.5 Å². The van der Waals surface area contributed by atoms with Gasteiger partial charge in [-0.3, -0.25) is 14.5 Å². The Bertz CT molecular complexity index is 1030. The summed E-state index contributed by atoms with van der Waals surface area (Å²) in [5.74, 6) is -0.377. The highest BCUT2D eigenvalue weighted by atomic mass is 35.5. The molecule has 1 saturated heterocycles. The van der Waals surface area contributed by atoms with E-state index in [1.807, 2.05) is 12.1 Å². The number of urea groups is 1. The van der Waals surface area contributed by atoms with E-state index in [1.54, 1.807) is 37.3 Å². The van der Waals surface area contributed by atoms with Crippen LogP contribution in [0.25, 0.3) is 0 Å². The van der Waals surface area contributed by atoms with Gasteiger partial charge in [0.2, 0.25) is 5.91 Å². The van der Waals surface area contributed by atoms with Crippen LogP contribution in [0.5, 0.6) is 0 Å². The van der Waals surface area contributed by atoms with Crippen LogP contribution >= 0.6 is 35.0 Å². The molecule has 2 aromatic carbocycles. The molecule has 0 aromatic heterocycles. The Morgan fingerprint density at radius 3 is 2.70 bits per heavy atom. The number of nitrogens with one attached hydrogen (secondary N) is 2. The zero-order valence-electron chi connectivity index (χ0n) is 16.1. The van der Waals surface area contributed by atoms with Gasteiger partial charge in [-0.2, -0.15) is 0 Å². The quantitative estimate of drug-likeness (QED) is 0.355. The molecule has 3 rings (SSSR count). The van der Waals surface area contributed by atoms with E-state index in [4.69, 9.17) is 23.2 Å². The number of anilines is 1. The Kier molecular flexibility index (Phi) is 6.75. The van der Waals surface area contributed by atoms with Crippen LogP contribution < -0.4 is 10.6 Å². The smallest absolute Gasteiger partial charge is 0.324 e. The number of halogens is 2. The van der Waals surface area contributed by atoms with Crippen molar-refractivity contribution in [3.05, 3.63) is 70.7 Å². The van der Waals surface area contributed by atoms with Crippen LogP contribution in [0, 0.1) is 0 Å². The van der Waals surface area contributed by atoms with E-state index < -0.39 is 29.9 Å². The minimum atomic E-state index is -1.39. The standard InChI is InChI=1S/C21H19Cl2N3O3S/c1-3-10-30-17-7-5-4-6-16(17)24-18(27)12-26-19(28)21(2,25-20(26)29)14-9-8-13(22)11-15(14)23/h3-9,11H,1,10,12H2,2H3,(H,24,27)(H,25,29)/t21-/m0/s1. The fraction of sp³-hybridized carbons (Fsp3) is 0.190. The minimum absolute atomic E-state index is 0.248. The molecule has 156 valence electrons. The molecule has 1 aliphatic heterocycles. The maximum Gasteiger partial charge on any atom is 0.325 e. The summed E-state index contributed by atoms with van der Waals surface area (Å²) in [7, 11) is 0. The second-order valence-corrected chi connectivity index (χ2v) is 8.62. The molecule has 2 aromatic rings.